The summed E-state index contributed by atoms with van der Waals surface area (Å²) in [5.41, 5.74) is 0.668. The second-order valence-corrected chi connectivity index (χ2v) is 4.78. The van der Waals surface area contributed by atoms with Crippen LogP contribution in [0.3, 0.4) is 0 Å². The van der Waals surface area contributed by atoms with Gasteiger partial charge < -0.3 is 19.7 Å². The number of carbonyl (C=O) groups is 1. The predicted molar refractivity (Wildman–Crippen MR) is 74.8 cm³/mol. The molecule has 108 valence electrons. The maximum atomic E-state index is 12.3. The average molecular weight is 286 g/mol. The fourth-order valence-electron chi connectivity index (χ4n) is 2.41. The van der Waals surface area contributed by atoms with E-state index in [0.717, 1.165) is 0 Å². The van der Waals surface area contributed by atoms with Crippen molar-refractivity contribution in [3.8, 4) is 17.2 Å². The van der Waals surface area contributed by atoms with Crippen LogP contribution in [0.4, 0.5) is 0 Å². The number of aliphatic hydroxyl groups excluding tert-OH is 1. The summed E-state index contributed by atoms with van der Waals surface area (Å²) >= 11 is 0. The lowest BCUT2D eigenvalue weighted by molar-refractivity contribution is 0.0210. The highest BCUT2D eigenvalue weighted by Gasteiger charge is 2.39. The molecule has 5 heteroatoms. The van der Waals surface area contributed by atoms with E-state index in [1.165, 1.54) is 19.2 Å². The van der Waals surface area contributed by atoms with Crippen molar-refractivity contribution in [3.05, 3.63) is 53.6 Å². The summed E-state index contributed by atoms with van der Waals surface area (Å²) in [6.07, 6.45) is -2.17. The number of phenolic OH excluding ortho intramolecular Hbond substituents is 1. The lowest BCUT2D eigenvalue weighted by Gasteiger charge is -2.30. The summed E-state index contributed by atoms with van der Waals surface area (Å²) in [7, 11) is 1.45. The van der Waals surface area contributed by atoms with Crippen molar-refractivity contribution < 1.29 is 24.5 Å². The third-order valence-electron chi connectivity index (χ3n) is 3.47. The van der Waals surface area contributed by atoms with Gasteiger partial charge in [-0.05, 0) is 5.56 Å². The molecule has 2 aromatic carbocycles. The summed E-state index contributed by atoms with van der Waals surface area (Å²) in [6, 6.07) is 11.8. The standard InChI is InChI=1S/C16H14O5/c1-20-10-7-11(17)13-12(8-10)21-16(15(19)14(13)18)9-5-3-2-4-6-9/h2-8,15-17,19H,1H3/t15-,16+/m0/s1. The molecule has 0 aliphatic carbocycles. The molecule has 2 atom stereocenters. The Balaban J connectivity index is 2.08. The number of benzene rings is 2. The molecule has 0 saturated heterocycles. The number of hydrogen-bond donors (Lipinski definition) is 2. The number of methoxy groups -OCH3 is 1. The Morgan fingerprint density at radius 2 is 1.90 bits per heavy atom. The maximum absolute atomic E-state index is 12.3. The summed E-state index contributed by atoms with van der Waals surface area (Å²) in [6.45, 7) is 0. The van der Waals surface area contributed by atoms with Crippen molar-refractivity contribution in [3.63, 3.8) is 0 Å². The van der Waals surface area contributed by atoms with E-state index in [-0.39, 0.29) is 17.1 Å². The SMILES string of the molecule is COc1cc(O)c2c(c1)O[C@H](c1ccccc1)[C@@H](O)C2=O. The highest BCUT2D eigenvalue weighted by molar-refractivity contribution is 6.05. The average Bonchev–Trinajstić information content (AvgIpc) is 2.51. The molecule has 5 nitrogen and oxygen atoms in total. The van der Waals surface area contributed by atoms with E-state index in [4.69, 9.17) is 9.47 Å². The zero-order valence-corrected chi connectivity index (χ0v) is 11.3. The smallest absolute Gasteiger partial charge is 0.202 e. The molecule has 0 spiro atoms. The molecule has 0 amide bonds. The largest absolute Gasteiger partial charge is 0.507 e. The number of Topliss-reactive ketones (excluding diaryl/α,β-unsaturated/α-hetero) is 1. The van der Waals surface area contributed by atoms with Crippen LogP contribution in [0.25, 0.3) is 0 Å². The van der Waals surface area contributed by atoms with Gasteiger partial charge >= 0.3 is 0 Å². The molecule has 2 N–H and O–H groups in total. The van der Waals surface area contributed by atoms with Crippen molar-refractivity contribution in [2.45, 2.75) is 12.2 Å². The fourth-order valence-corrected chi connectivity index (χ4v) is 2.41. The second kappa shape index (κ2) is 5.10. The van der Waals surface area contributed by atoms with Gasteiger partial charge in [0.1, 0.15) is 22.8 Å². The minimum absolute atomic E-state index is 0.0181. The molecule has 0 saturated carbocycles. The molecule has 0 radical (unpaired) electrons. The van der Waals surface area contributed by atoms with Crippen molar-refractivity contribution >= 4 is 5.78 Å². The molecule has 0 aromatic heterocycles. The van der Waals surface area contributed by atoms with Crippen LogP contribution < -0.4 is 9.47 Å². The van der Waals surface area contributed by atoms with Crippen LogP contribution in [-0.4, -0.2) is 29.2 Å². The molecule has 2 aromatic rings. The maximum Gasteiger partial charge on any atom is 0.202 e. The van der Waals surface area contributed by atoms with Gasteiger partial charge in [-0.1, -0.05) is 30.3 Å². The highest BCUT2D eigenvalue weighted by atomic mass is 16.5. The fraction of sp³-hybridized carbons (Fsp3) is 0.188. The van der Waals surface area contributed by atoms with Crippen LogP contribution in [0, 0.1) is 0 Å². The molecular weight excluding hydrogens is 272 g/mol. The lowest BCUT2D eigenvalue weighted by atomic mass is 9.93. The van der Waals surface area contributed by atoms with Gasteiger partial charge in [0.25, 0.3) is 0 Å². The summed E-state index contributed by atoms with van der Waals surface area (Å²) < 4.78 is 10.8. The van der Waals surface area contributed by atoms with Crippen LogP contribution in [0.5, 0.6) is 17.2 Å². The first-order valence-electron chi connectivity index (χ1n) is 6.46. The van der Waals surface area contributed by atoms with Crippen LogP contribution >= 0.6 is 0 Å². The minimum atomic E-state index is -1.36. The van der Waals surface area contributed by atoms with Gasteiger partial charge in [0.2, 0.25) is 5.78 Å². The van der Waals surface area contributed by atoms with Gasteiger partial charge in [0.05, 0.1) is 7.11 Å². The first kappa shape index (κ1) is 13.5. The molecule has 0 unspecified atom stereocenters. The Morgan fingerprint density at radius 3 is 2.57 bits per heavy atom. The molecule has 0 fully saturated rings. The van der Waals surface area contributed by atoms with Crippen molar-refractivity contribution in [1.29, 1.82) is 0 Å². The minimum Gasteiger partial charge on any atom is -0.507 e. The van der Waals surface area contributed by atoms with Gasteiger partial charge in [-0.3, -0.25) is 4.79 Å². The number of rotatable bonds is 2. The Bertz CT molecular complexity index is 681. The van der Waals surface area contributed by atoms with Gasteiger partial charge in [0.15, 0.2) is 12.2 Å². The van der Waals surface area contributed by atoms with E-state index in [9.17, 15) is 15.0 Å². The van der Waals surface area contributed by atoms with E-state index in [2.05, 4.69) is 0 Å². The Labute approximate surface area is 121 Å². The normalized spacial score (nSPS) is 20.6. The summed E-state index contributed by atoms with van der Waals surface area (Å²) in [5, 5.41) is 20.1. The number of ether oxygens (including phenoxy) is 2. The van der Waals surface area contributed by atoms with E-state index in [0.29, 0.717) is 11.3 Å². The zero-order valence-electron chi connectivity index (χ0n) is 11.3. The van der Waals surface area contributed by atoms with E-state index in [1.54, 1.807) is 24.3 Å². The number of aliphatic hydroxyl groups is 1. The van der Waals surface area contributed by atoms with Crippen molar-refractivity contribution in [2.24, 2.45) is 0 Å². The van der Waals surface area contributed by atoms with E-state index >= 15 is 0 Å². The Kier molecular flexibility index (Phi) is 3.27. The van der Waals surface area contributed by atoms with Crippen LogP contribution in [0.1, 0.15) is 22.0 Å². The topological polar surface area (TPSA) is 76.0 Å². The summed E-state index contributed by atoms with van der Waals surface area (Å²) in [5.74, 6) is -0.247. The molecule has 1 aliphatic rings. The summed E-state index contributed by atoms with van der Waals surface area (Å²) in [4.78, 5) is 12.3. The van der Waals surface area contributed by atoms with E-state index in [1.807, 2.05) is 6.07 Å². The Hall–Kier alpha value is -2.53. The van der Waals surface area contributed by atoms with Gasteiger partial charge in [-0.25, -0.2) is 0 Å². The number of fused-ring (bicyclic) bond motifs is 1. The highest BCUT2D eigenvalue weighted by Crippen LogP contribution is 2.41. The molecule has 21 heavy (non-hydrogen) atoms. The first-order chi connectivity index (χ1) is 10.1. The van der Waals surface area contributed by atoms with Crippen molar-refractivity contribution in [2.75, 3.05) is 7.11 Å². The quantitative estimate of drug-likeness (QED) is 0.884. The molecule has 0 bridgehead atoms. The first-order valence-corrected chi connectivity index (χ1v) is 6.46. The van der Waals surface area contributed by atoms with Gasteiger partial charge in [-0.15, -0.1) is 0 Å². The monoisotopic (exact) mass is 286 g/mol. The number of carbonyl (C=O) groups excluding carboxylic acids is 1. The molecule has 3 rings (SSSR count). The lowest BCUT2D eigenvalue weighted by Crippen LogP contribution is -2.36. The van der Waals surface area contributed by atoms with Crippen LogP contribution in [-0.2, 0) is 0 Å². The number of hydrogen-bond acceptors (Lipinski definition) is 5. The second-order valence-electron chi connectivity index (χ2n) is 4.78. The Morgan fingerprint density at radius 1 is 1.19 bits per heavy atom. The molecule has 1 aliphatic heterocycles. The number of aromatic hydroxyl groups is 1. The van der Waals surface area contributed by atoms with Crippen LogP contribution in [0.15, 0.2) is 42.5 Å². The third-order valence-corrected chi connectivity index (χ3v) is 3.47. The van der Waals surface area contributed by atoms with Crippen LogP contribution in [0.2, 0.25) is 0 Å². The molecule has 1 heterocycles. The van der Waals surface area contributed by atoms with Crippen molar-refractivity contribution in [1.82, 2.24) is 0 Å². The number of ketones is 1. The van der Waals surface area contributed by atoms with Gasteiger partial charge in [0, 0.05) is 12.1 Å². The zero-order chi connectivity index (χ0) is 15.0. The predicted octanol–water partition coefficient (Wildman–Crippen LogP) is 2.08. The number of phenols is 1. The third kappa shape index (κ3) is 2.21. The van der Waals surface area contributed by atoms with Gasteiger partial charge in [-0.2, -0.15) is 0 Å². The molecular formula is C16H14O5. The van der Waals surface area contributed by atoms with E-state index < -0.39 is 18.0 Å².